The van der Waals surface area contributed by atoms with Crippen molar-refractivity contribution in [1.82, 2.24) is 15.2 Å². The summed E-state index contributed by atoms with van der Waals surface area (Å²) in [6.45, 7) is 2.31. The number of hydrogen-bond acceptors (Lipinski definition) is 2. The van der Waals surface area contributed by atoms with E-state index < -0.39 is 0 Å². The van der Waals surface area contributed by atoms with E-state index in [1.807, 2.05) is 19.2 Å². The molecule has 2 N–H and O–H groups in total. The van der Waals surface area contributed by atoms with Crippen molar-refractivity contribution in [1.29, 1.82) is 0 Å². The Morgan fingerprint density at radius 1 is 1.17 bits per heavy atom. The Morgan fingerprint density at radius 3 is 2.78 bits per heavy atom. The molecule has 0 aliphatic carbocycles. The topological polar surface area (TPSA) is 46.1 Å². The summed E-state index contributed by atoms with van der Waals surface area (Å²) in [5, 5.41) is 7.26. The summed E-state index contributed by atoms with van der Waals surface area (Å²) in [5.74, 6) is 0.0170. The minimum Gasteiger partial charge on any atom is -0.350 e. The van der Waals surface area contributed by atoms with Gasteiger partial charge in [-0.1, -0.05) is 36.4 Å². The second-order valence-electron chi connectivity index (χ2n) is 5.91. The maximum atomic E-state index is 12.2. The smallest absolute Gasteiger partial charge is 0.253 e. The molecular formula is C19H19N3O. The van der Waals surface area contributed by atoms with Gasteiger partial charge in [-0.25, -0.2) is 0 Å². The third-order valence-electron chi connectivity index (χ3n) is 4.42. The molecule has 2 aromatic carbocycles. The van der Waals surface area contributed by atoms with Crippen LogP contribution in [-0.2, 0) is 13.1 Å². The first-order valence-electron chi connectivity index (χ1n) is 7.92. The van der Waals surface area contributed by atoms with Crippen molar-refractivity contribution < 1.29 is 4.79 Å². The van der Waals surface area contributed by atoms with Crippen LogP contribution in [0.4, 0.5) is 0 Å². The first kappa shape index (κ1) is 14.0. The van der Waals surface area contributed by atoms with Gasteiger partial charge in [0.15, 0.2) is 0 Å². The van der Waals surface area contributed by atoms with Crippen LogP contribution in [0.15, 0.2) is 48.5 Å². The molecule has 1 aliphatic rings. The fraction of sp³-hybridized carbons (Fsp3) is 0.211. The number of nitrogens with one attached hydrogen (secondary N) is 2. The summed E-state index contributed by atoms with van der Waals surface area (Å²) in [6.07, 6.45) is 0. The largest absolute Gasteiger partial charge is 0.350 e. The maximum Gasteiger partial charge on any atom is 0.253 e. The zero-order chi connectivity index (χ0) is 15.8. The van der Waals surface area contributed by atoms with E-state index in [0.717, 1.165) is 29.6 Å². The Balaban J connectivity index is 1.89. The van der Waals surface area contributed by atoms with E-state index in [9.17, 15) is 4.79 Å². The zero-order valence-electron chi connectivity index (χ0n) is 13.1. The monoisotopic (exact) mass is 305 g/mol. The molecule has 0 saturated carbocycles. The van der Waals surface area contributed by atoms with Crippen LogP contribution in [0.3, 0.4) is 0 Å². The lowest BCUT2D eigenvalue weighted by Gasteiger charge is -2.10. The van der Waals surface area contributed by atoms with Gasteiger partial charge >= 0.3 is 0 Å². The van der Waals surface area contributed by atoms with Gasteiger partial charge in [0.1, 0.15) is 0 Å². The molecular weight excluding hydrogens is 286 g/mol. The van der Waals surface area contributed by atoms with E-state index in [4.69, 9.17) is 0 Å². The molecule has 2 heterocycles. The lowest BCUT2D eigenvalue weighted by molar-refractivity contribution is 0.0956. The molecule has 0 bridgehead atoms. The molecule has 1 aliphatic heterocycles. The van der Waals surface area contributed by atoms with Crippen LogP contribution in [0.25, 0.3) is 22.2 Å². The summed E-state index contributed by atoms with van der Waals surface area (Å²) in [6, 6.07) is 16.7. The fourth-order valence-electron chi connectivity index (χ4n) is 3.35. The van der Waals surface area contributed by atoms with E-state index >= 15 is 0 Å². The summed E-state index contributed by atoms with van der Waals surface area (Å²) in [7, 11) is 1.95. The third-order valence-corrected chi connectivity index (χ3v) is 4.42. The van der Waals surface area contributed by atoms with Crippen molar-refractivity contribution in [2.24, 2.45) is 0 Å². The first-order valence-corrected chi connectivity index (χ1v) is 7.92. The lowest BCUT2D eigenvalue weighted by Crippen LogP contribution is -2.24. The number of rotatable bonds is 3. The predicted molar refractivity (Wildman–Crippen MR) is 92.5 cm³/mol. The number of aromatic nitrogens is 1. The third kappa shape index (κ3) is 2.32. The Labute approximate surface area is 135 Å². The van der Waals surface area contributed by atoms with Crippen molar-refractivity contribution in [3.8, 4) is 11.3 Å². The maximum absolute atomic E-state index is 12.2. The molecule has 116 valence electrons. The molecule has 1 aromatic heterocycles. The molecule has 0 spiro atoms. The van der Waals surface area contributed by atoms with Gasteiger partial charge in [-0.2, -0.15) is 0 Å². The Bertz CT molecular complexity index is 878. The molecule has 23 heavy (non-hydrogen) atoms. The SMILES string of the molecule is CNCc1ccc(-c2cc3cccc4c3n2CCNC4=O)cc1. The fourth-order valence-corrected chi connectivity index (χ4v) is 3.35. The molecule has 0 radical (unpaired) electrons. The number of carbonyl (C=O) groups excluding carboxylic acids is 1. The summed E-state index contributed by atoms with van der Waals surface area (Å²) in [4.78, 5) is 12.2. The van der Waals surface area contributed by atoms with Crippen LogP contribution in [0, 0.1) is 0 Å². The molecule has 1 amide bonds. The molecule has 0 unspecified atom stereocenters. The zero-order valence-corrected chi connectivity index (χ0v) is 13.1. The first-order chi connectivity index (χ1) is 11.3. The van der Waals surface area contributed by atoms with Crippen LogP contribution in [0.2, 0.25) is 0 Å². The highest BCUT2D eigenvalue weighted by atomic mass is 16.1. The van der Waals surface area contributed by atoms with Crippen LogP contribution >= 0.6 is 0 Å². The van der Waals surface area contributed by atoms with Crippen LogP contribution in [-0.4, -0.2) is 24.1 Å². The van der Waals surface area contributed by atoms with E-state index in [-0.39, 0.29) is 5.91 Å². The molecule has 4 nitrogen and oxygen atoms in total. The van der Waals surface area contributed by atoms with Crippen molar-refractivity contribution in [2.45, 2.75) is 13.1 Å². The van der Waals surface area contributed by atoms with E-state index in [1.165, 1.54) is 16.8 Å². The molecule has 0 fully saturated rings. The summed E-state index contributed by atoms with van der Waals surface area (Å²) in [5.41, 5.74) is 5.41. The number of carbonyl (C=O) groups is 1. The molecule has 4 heteroatoms. The van der Waals surface area contributed by atoms with E-state index in [1.54, 1.807) is 0 Å². The van der Waals surface area contributed by atoms with Crippen molar-refractivity contribution in [2.75, 3.05) is 13.6 Å². The van der Waals surface area contributed by atoms with E-state index in [2.05, 4.69) is 51.6 Å². The van der Waals surface area contributed by atoms with E-state index in [0.29, 0.717) is 6.54 Å². The standard InChI is InChI=1S/C19H19N3O/c1-20-12-13-5-7-14(8-6-13)17-11-15-3-2-4-16-18(15)22(17)10-9-21-19(16)23/h2-8,11,20H,9-10,12H2,1H3,(H,21,23). The second-order valence-corrected chi connectivity index (χ2v) is 5.91. The Kier molecular flexibility index (Phi) is 3.39. The lowest BCUT2D eigenvalue weighted by atomic mass is 10.1. The van der Waals surface area contributed by atoms with Crippen LogP contribution in [0.1, 0.15) is 15.9 Å². The number of hydrogen-bond donors (Lipinski definition) is 2. The quantitative estimate of drug-likeness (QED) is 0.781. The van der Waals surface area contributed by atoms with Gasteiger partial charge in [-0.15, -0.1) is 0 Å². The average molecular weight is 305 g/mol. The van der Waals surface area contributed by atoms with Gasteiger partial charge in [0, 0.05) is 30.7 Å². The average Bonchev–Trinajstić information content (AvgIpc) is 2.85. The minimum absolute atomic E-state index is 0.0170. The van der Waals surface area contributed by atoms with Crippen LogP contribution in [0.5, 0.6) is 0 Å². The highest BCUT2D eigenvalue weighted by molar-refractivity contribution is 6.07. The van der Waals surface area contributed by atoms with Crippen LogP contribution < -0.4 is 10.6 Å². The number of amides is 1. The van der Waals surface area contributed by atoms with Crippen molar-refractivity contribution in [3.05, 3.63) is 59.7 Å². The van der Waals surface area contributed by atoms with Crippen molar-refractivity contribution in [3.63, 3.8) is 0 Å². The van der Waals surface area contributed by atoms with Gasteiger partial charge in [-0.3, -0.25) is 4.79 Å². The van der Waals surface area contributed by atoms with Gasteiger partial charge in [-0.05, 0) is 30.3 Å². The van der Waals surface area contributed by atoms with Gasteiger partial charge < -0.3 is 15.2 Å². The van der Waals surface area contributed by atoms with Crippen molar-refractivity contribution >= 4 is 16.8 Å². The molecule has 0 atom stereocenters. The second kappa shape index (κ2) is 5.56. The summed E-state index contributed by atoms with van der Waals surface area (Å²) >= 11 is 0. The summed E-state index contributed by atoms with van der Waals surface area (Å²) < 4.78 is 2.26. The predicted octanol–water partition coefficient (Wildman–Crippen LogP) is 2.77. The molecule has 0 saturated heterocycles. The highest BCUT2D eigenvalue weighted by Crippen LogP contribution is 2.31. The van der Waals surface area contributed by atoms with Gasteiger partial charge in [0.2, 0.25) is 0 Å². The molecule has 4 rings (SSSR count). The molecule has 3 aromatic rings. The van der Waals surface area contributed by atoms with Gasteiger partial charge in [0.05, 0.1) is 11.1 Å². The minimum atomic E-state index is 0.0170. The number of nitrogens with zero attached hydrogens (tertiary/aromatic N) is 1. The normalized spacial score (nSPS) is 13.9. The highest BCUT2D eigenvalue weighted by Gasteiger charge is 2.20. The van der Waals surface area contributed by atoms with Gasteiger partial charge in [0.25, 0.3) is 5.91 Å². The number of benzene rings is 2. The Hall–Kier alpha value is -2.59. The Morgan fingerprint density at radius 2 is 2.00 bits per heavy atom. The number of para-hydroxylation sites is 1.